The van der Waals surface area contributed by atoms with Crippen LogP contribution in [0.15, 0.2) is 12.1 Å². The van der Waals surface area contributed by atoms with E-state index >= 15 is 0 Å². The third kappa shape index (κ3) is 1.49. The Morgan fingerprint density at radius 1 is 1.62 bits per heavy atom. The number of nitrogens with two attached hydrogens (primary N) is 1. The van der Waals surface area contributed by atoms with E-state index < -0.39 is 5.82 Å². The fraction of sp³-hybridized carbons (Fsp3) is 0.111. The SMILES string of the molecule is CC(=O)c1ccc(C#N)c(F)c1N. The Balaban J connectivity index is 3.42. The van der Waals surface area contributed by atoms with E-state index in [9.17, 15) is 9.18 Å². The molecule has 1 aromatic rings. The molecule has 0 saturated carbocycles. The molecule has 1 rings (SSSR count). The van der Waals surface area contributed by atoms with Crippen LogP contribution in [0.3, 0.4) is 0 Å². The number of ketones is 1. The van der Waals surface area contributed by atoms with Crippen LogP contribution in [-0.2, 0) is 0 Å². The fourth-order valence-electron chi connectivity index (χ4n) is 0.986. The molecule has 0 aromatic heterocycles. The smallest absolute Gasteiger partial charge is 0.164 e. The van der Waals surface area contributed by atoms with Crippen molar-refractivity contribution in [2.24, 2.45) is 0 Å². The van der Waals surface area contributed by atoms with Crippen molar-refractivity contribution in [2.75, 3.05) is 5.73 Å². The number of nitriles is 1. The summed E-state index contributed by atoms with van der Waals surface area (Å²) in [6.45, 7) is 1.29. The number of carbonyl (C=O) groups excluding carboxylic acids is 1. The molecule has 1 aromatic carbocycles. The molecule has 0 fully saturated rings. The van der Waals surface area contributed by atoms with Crippen molar-refractivity contribution in [3.8, 4) is 6.07 Å². The molecule has 13 heavy (non-hydrogen) atoms. The topological polar surface area (TPSA) is 66.9 Å². The van der Waals surface area contributed by atoms with Crippen LogP contribution in [0.1, 0.15) is 22.8 Å². The minimum Gasteiger partial charge on any atom is -0.396 e. The third-order valence-electron chi connectivity index (χ3n) is 1.68. The van der Waals surface area contributed by atoms with Gasteiger partial charge in [-0.2, -0.15) is 5.26 Å². The standard InChI is InChI=1S/C9H7FN2O/c1-5(13)7-3-2-6(4-11)8(10)9(7)12/h2-3H,12H2,1H3. The number of anilines is 1. The van der Waals surface area contributed by atoms with Crippen molar-refractivity contribution in [1.82, 2.24) is 0 Å². The lowest BCUT2D eigenvalue weighted by Crippen LogP contribution is -2.03. The molecule has 0 saturated heterocycles. The molecule has 0 aliphatic heterocycles. The van der Waals surface area contributed by atoms with E-state index in [2.05, 4.69) is 0 Å². The summed E-state index contributed by atoms with van der Waals surface area (Å²) in [5.41, 5.74) is 5.01. The zero-order chi connectivity index (χ0) is 10.0. The highest BCUT2D eigenvalue weighted by molar-refractivity contribution is 5.99. The lowest BCUT2D eigenvalue weighted by molar-refractivity contribution is 0.101. The first-order valence-corrected chi connectivity index (χ1v) is 3.57. The second kappa shape index (κ2) is 3.23. The van der Waals surface area contributed by atoms with E-state index in [0.717, 1.165) is 0 Å². The van der Waals surface area contributed by atoms with Gasteiger partial charge in [-0.1, -0.05) is 0 Å². The molecule has 3 nitrogen and oxygen atoms in total. The number of benzene rings is 1. The number of nitrogen functional groups attached to an aromatic ring is 1. The Bertz CT molecular complexity index is 407. The van der Waals surface area contributed by atoms with Gasteiger partial charge in [0, 0.05) is 5.56 Å². The molecular formula is C9H7FN2O. The van der Waals surface area contributed by atoms with Gasteiger partial charge in [0.05, 0.1) is 11.3 Å². The van der Waals surface area contributed by atoms with E-state index in [4.69, 9.17) is 11.0 Å². The van der Waals surface area contributed by atoms with Gasteiger partial charge in [0.25, 0.3) is 0 Å². The molecule has 0 bridgehead atoms. The van der Waals surface area contributed by atoms with Crippen LogP contribution in [0, 0.1) is 17.1 Å². The zero-order valence-corrected chi connectivity index (χ0v) is 6.97. The Morgan fingerprint density at radius 3 is 2.69 bits per heavy atom. The quantitative estimate of drug-likeness (QED) is 0.523. The van der Waals surface area contributed by atoms with Gasteiger partial charge < -0.3 is 5.73 Å². The van der Waals surface area contributed by atoms with Gasteiger partial charge in [-0.3, -0.25) is 4.79 Å². The van der Waals surface area contributed by atoms with Gasteiger partial charge in [-0.15, -0.1) is 0 Å². The summed E-state index contributed by atoms with van der Waals surface area (Å²) in [4.78, 5) is 10.9. The van der Waals surface area contributed by atoms with Gasteiger partial charge in [0.15, 0.2) is 11.6 Å². The molecule has 0 unspecified atom stereocenters. The number of Topliss-reactive ketones (excluding diaryl/α,β-unsaturated/α-hetero) is 1. The van der Waals surface area contributed by atoms with Crippen LogP contribution in [0.5, 0.6) is 0 Å². The number of halogens is 1. The number of carbonyl (C=O) groups is 1. The second-order valence-corrected chi connectivity index (χ2v) is 2.56. The first kappa shape index (κ1) is 9.20. The van der Waals surface area contributed by atoms with Crippen molar-refractivity contribution in [3.05, 3.63) is 29.1 Å². The van der Waals surface area contributed by atoms with Crippen LogP contribution in [0.2, 0.25) is 0 Å². The molecule has 0 amide bonds. The van der Waals surface area contributed by atoms with Gasteiger partial charge >= 0.3 is 0 Å². The summed E-state index contributed by atoms with van der Waals surface area (Å²) in [5, 5.41) is 8.44. The number of rotatable bonds is 1. The van der Waals surface area contributed by atoms with E-state index in [1.807, 2.05) is 0 Å². The number of hydrogen-bond donors (Lipinski definition) is 1. The van der Waals surface area contributed by atoms with Crippen molar-refractivity contribution < 1.29 is 9.18 Å². The first-order chi connectivity index (χ1) is 6.07. The van der Waals surface area contributed by atoms with Crippen molar-refractivity contribution in [3.63, 3.8) is 0 Å². The van der Waals surface area contributed by atoms with Gasteiger partial charge in [-0.05, 0) is 19.1 Å². The monoisotopic (exact) mass is 178 g/mol. The Hall–Kier alpha value is -1.89. The van der Waals surface area contributed by atoms with E-state index in [1.54, 1.807) is 6.07 Å². The lowest BCUT2D eigenvalue weighted by atomic mass is 10.1. The zero-order valence-electron chi connectivity index (χ0n) is 6.97. The molecule has 0 atom stereocenters. The minimum absolute atomic E-state index is 0.108. The highest BCUT2D eigenvalue weighted by Gasteiger charge is 2.12. The van der Waals surface area contributed by atoms with Crippen LogP contribution < -0.4 is 5.73 Å². The van der Waals surface area contributed by atoms with Crippen LogP contribution in [0.4, 0.5) is 10.1 Å². The average molecular weight is 178 g/mol. The second-order valence-electron chi connectivity index (χ2n) is 2.56. The molecule has 66 valence electrons. The number of hydrogen-bond acceptors (Lipinski definition) is 3. The summed E-state index contributed by atoms with van der Waals surface area (Å²) >= 11 is 0. The van der Waals surface area contributed by atoms with E-state index in [1.165, 1.54) is 19.1 Å². The van der Waals surface area contributed by atoms with Crippen LogP contribution >= 0.6 is 0 Å². The van der Waals surface area contributed by atoms with Crippen molar-refractivity contribution in [2.45, 2.75) is 6.92 Å². The molecule has 4 heteroatoms. The first-order valence-electron chi connectivity index (χ1n) is 3.57. The lowest BCUT2D eigenvalue weighted by Gasteiger charge is -2.03. The van der Waals surface area contributed by atoms with Gasteiger partial charge in [0.2, 0.25) is 0 Å². The maximum atomic E-state index is 13.1. The molecule has 2 N–H and O–H groups in total. The maximum Gasteiger partial charge on any atom is 0.164 e. The van der Waals surface area contributed by atoms with Gasteiger partial charge in [-0.25, -0.2) is 4.39 Å². The van der Waals surface area contributed by atoms with Crippen LogP contribution in [-0.4, -0.2) is 5.78 Å². The molecule has 0 spiro atoms. The highest BCUT2D eigenvalue weighted by atomic mass is 19.1. The maximum absolute atomic E-state index is 13.1. The summed E-state index contributed by atoms with van der Waals surface area (Å²) in [5.74, 6) is -1.14. The molecule has 0 heterocycles. The molecule has 0 aliphatic rings. The Morgan fingerprint density at radius 2 is 2.23 bits per heavy atom. The van der Waals surface area contributed by atoms with Crippen molar-refractivity contribution >= 4 is 11.5 Å². The largest absolute Gasteiger partial charge is 0.396 e. The minimum atomic E-state index is -0.824. The van der Waals surface area contributed by atoms with E-state index in [0.29, 0.717) is 0 Å². The predicted octanol–water partition coefficient (Wildman–Crippen LogP) is 1.48. The summed E-state index contributed by atoms with van der Waals surface area (Å²) in [6, 6.07) is 4.22. The third-order valence-corrected chi connectivity index (χ3v) is 1.68. The molecule has 0 aliphatic carbocycles. The van der Waals surface area contributed by atoms with E-state index in [-0.39, 0.29) is 22.6 Å². The van der Waals surface area contributed by atoms with Crippen LogP contribution in [0.25, 0.3) is 0 Å². The molecular weight excluding hydrogens is 171 g/mol. The van der Waals surface area contributed by atoms with Gasteiger partial charge in [0.1, 0.15) is 6.07 Å². The molecule has 0 radical (unpaired) electrons. The average Bonchev–Trinajstić information content (AvgIpc) is 2.09. The summed E-state index contributed by atoms with van der Waals surface area (Å²) in [6.07, 6.45) is 0. The Kier molecular flexibility index (Phi) is 2.29. The normalized spacial score (nSPS) is 9.31. The summed E-state index contributed by atoms with van der Waals surface area (Å²) in [7, 11) is 0. The van der Waals surface area contributed by atoms with Crippen molar-refractivity contribution in [1.29, 1.82) is 5.26 Å². The number of nitrogens with zero attached hydrogens (tertiary/aromatic N) is 1. The fourth-order valence-corrected chi connectivity index (χ4v) is 0.986. The predicted molar refractivity (Wildman–Crippen MR) is 45.5 cm³/mol. The Labute approximate surface area is 74.6 Å². The highest BCUT2D eigenvalue weighted by Crippen LogP contribution is 2.19. The summed E-state index contributed by atoms with van der Waals surface area (Å²) < 4.78 is 13.1.